The molecule has 2 aliphatic heterocycles. The van der Waals surface area contributed by atoms with Gasteiger partial charge < -0.3 is 9.80 Å². The van der Waals surface area contributed by atoms with E-state index in [2.05, 4.69) is 17.1 Å². The number of hydrogen-bond acceptors (Lipinski definition) is 4. The molecule has 0 spiro atoms. The molecule has 0 aliphatic carbocycles. The van der Waals surface area contributed by atoms with Gasteiger partial charge in [0, 0.05) is 54.6 Å². The molecule has 0 unspecified atom stereocenters. The number of nitrogens with zero attached hydrogens (tertiary/aromatic N) is 3. The van der Waals surface area contributed by atoms with Crippen LogP contribution in [0.5, 0.6) is 0 Å². The highest BCUT2D eigenvalue weighted by molar-refractivity contribution is 7.99. The van der Waals surface area contributed by atoms with E-state index in [1.54, 1.807) is 24.5 Å². The average Bonchev–Trinajstić information content (AvgIpc) is 2.73. The second kappa shape index (κ2) is 7.50. The third-order valence-electron chi connectivity index (χ3n) is 4.94. The van der Waals surface area contributed by atoms with Crippen LogP contribution < -0.4 is 0 Å². The van der Waals surface area contributed by atoms with Gasteiger partial charge in [0.15, 0.2) is 0 Å². The number of carbonyl (C=O) groups is 2. The summed E-state index contributed by atoms with van der Waals surface area (Å²) in [4.78, 5) is 34.3. The van der Waals surface area contributed by atoms with E-state index in [0.717, 1.165) is 17.7 Å². The lowest BCUT2D eigenvalue weighted by Gasteiger charge is -2.35. The summed E-state index contributed by atoms with van der Waals surface area (Å²) in [7, 11) is 0. The predicted molar refractivity (Wildman–Crippen MR) is 102 cm³/mol. The molecule has 5 nitrogen and oxygen atoms in total. The molecule has 2 aliphatic rings. The maximum Gasteiger partial charge on any atom is 0.254 e. The summed E-state index contributed by atoms with van der Waals surface area (Å²) < 4.78 is 0. The smallest absolute Gasteiger partial charge is 0.254 e. The van der Waals surface area contributed by atoms with Gasteiger partial charge >= 0.3 is 0 Å². The second-order valence-electron chi connectivity index (χ2n) is 6.59. The molecule has 1 aromatic carbocycles. The summed E-state index contributed by atoms with van der Waals surface area (Å²) in [6.45, 7) is 2.27. The Morgan fingerprint density at radius 2 is 1.54 bits per heavy atom. The van der Waals surface area contributed by atoms with Crippen LogP contribution in [-0.2, 0) is 6.42 Å². The molecule has 0 saturated carbocycles. The topological polar surface area (TPSA) is 53.5 Å². The molecular weight excluding hydrogens is 346 g/mol. The van der Waals surface area contributed by atoms with Crippen molar-refractivity contribution < 1.29 is 9.59 Å². The summed E-state index contributed by atoms with van der Waals surface area (Å²) in [5.41, 5.74) is 2.70. The van der Waals surface area contributed by atoms with Crippen molar-refractivity contribution in [1.82, 2.24) is 14.8 Å². The van der Waals surface area contributed by atoms with Gasteiger partial charge in [0.2, 0.25) is 0 Å². The number of thioether (sulfide) groups is 1. The fourth-order valence-electron chi connectivity index (χ4n) is 3.47. The van der Waals surface area contributed by atoms with E-state index in [1.807, 2.05) is 27.6 Å². The van der Waals surface area contributed by atoms with Crippen LogP contribution in [0.2, 0.25) is 0 Å². The first-order chi connectivity index (χ1) is 12.7. The standard InChI is InChI=1S/C20H21N3O2S/c24-19(15-5-7-21-8-6-15)22-9-11-23(12-10-22)20(25)17-3-4-18-16(14-17)2-1-13-26-18/h3-8,14H,1-2,9-13H2. The number of benzene rings is 1. The van der Waals surface area contributed by atoms with Gasteiger partial charge in [0.1, 0.15) is 0 Å². The lowest BCUT2D eigenvalue weighted by molar-refractivity contribution is 0.0535. The zero-order chi connectivity index (χ0) is 17.9. The first kappa shape index (κ1) is 17.1. The lowest BCUT2D eigenvalue weighted by Crippen LogP contribution is -2.50. The van der Waals surface area contributed by atoms with E-state index in [-0.39, 0.29) is 11.8 Å². The number of piperazine rings is 1. The van der Waals surface area contributed by atoms with Crippen molar-refractivity contribution in [2.45, 2.75) is 17.7 Å². The number of rotatable bonds is 2. The molecule has 4 rings (SSSR count). The number of fused-ring (bicyclic) bond motifs is 1. The second-order valence-corrected chi connectivity index (χ2v) is 7.73. The van der Waals surface area contributed by atoms with Gasteiger partial charge in [0.25, 0.3) is 11.8 Å². The number of hydrogen-bond donors (Lipinski definition) is 0. The molecular formula is C20H21N3O2S. The molecule has 0 N–H and O–H groups in total. The Hall–Kier alpha value is -2.34. The fourth-order valence-corrected chi connectivity index (χ4v) is 4.48. The van der Waals surface area contributed by atoms with Gasteiger partial charge in [-0.25, -0.2) is 0 Å². The van der Waals surface area contributed by atoms with Crippen molar-refractivity contribution in [1.29, 1.82) is 0 Å². The van der Waals surface area contributed by atoms with Crippen LogP contribution >= 0.6 is 11.8 Å². The van der Waals surface area contributed by atoms with E-state index in [4.69, 9.17) is 0 Å². The third kappa shape index (κ3) is 3.46. The summed E-state index contributed by atoms with van der Waals surface area (Å²) in [6.07, 6.45) is 5.48. The van der Waals surface area contributed by atoms with Gasteiger partial charge in [-0.2, -0.15) is 0 Å². The number of carbonyl (C=O) groups excluding carboxylic acids is 2. The molecule has 0 radical (unpaired) electrons. The van der Waals surface area contributed by atoms with Gasteiger partial charge in [-0.1, -0.05) is 0 Å². The van der Waals surface area contributed by atoms with E-state index in [1.165, 1.54) is 16.9 Å². The Morgan fingerprint density at radius 1 is 0.885 bits per heavy atom. The molecule has 1 saturated heterocycles. The molecule has 1 aromatic heterocycles. The Bertz CT molecular complexity index is 817. The van der Waals surface area contributed by atoms with Gasteiger partial charge in [-0.3, -0.25) is 14.6 Å². The Balaban J connectivity index is 1.40. The molecule has 26 heavy (non-hydrogen) atoms. The molecule has 1 fully saturated rings. The molecule has 6 heteroatoms. The highest BCUT2D eigenvalue weighted by Crippen LogP contribution is 2.30. The Kier molecular flexibility index (Phi) is 4.93. The minimum Gasteiger partial charge on any atom is -0.335 e. The van der Waals surface area contributed by atoms with Crippen molar-refractivity contribution in [2.75, 3.05) is 31.9 Å². The number of amides is 2. The van der Waals surface area contributed by atoms with Crippen molar-refractivity contribution in [3.8, 4) is 0 Å². The van der Waals surface area contributed by atoms with Crippen molar-refractivity contribution >= 4 is 23.6 Å². The molecule has 134 valence electrons. The van der Waals surface area contributed by atoms with E-state index in [9.17, 15) is 9.59 Å². The SMILES string of the molecule is O=C(c1ccncc1)N1CCN(C(=O)c2ccc3c(c2)CCCS3)CC1. The van der Waals surface area contributed by atoms with Crippen LogP contribution in [0.25, 0.3) is 0 Å². The first-order valence-corrected chi connectivity index (χ1v) is 9.95. The summed E-state index contributed by atoms with van der Waals surface area (Å²) in [5.74, 6) is 1.23. The normalized spacial score (nSPS) is 16.9. The summed E-state index contributed by atoms with van der Waals surface area (Å²) in [5, 5.41) is 0. The van der Waals surface area contributed by atoms with Crippen molar-refractivity contribution in [2.24, 2.45) is 0 Å². The van der Waals surface area contributed by atoms with Gasteiger partial charge in [-0.05, 0) is 54.5 Å². The lowest BCUT2D eigenvalue weighted by atomic mass is 10.0. The van der Waals surface area contributed by atoms with Crippen LogP contribution in [0.4, 0.5) is 0 Å². The Labute approximate surface area is 157 Å². The predicted octanol–water partition coefficient (Wildman–Crippen LogP) is 2.72. The van der Waals surface area contributed by atoms with Gasteiger partial charge in [-0.15, -0.1) is 11.8 Å². The zero-order valence-electron chi connectivity index (χ0n) is 14.6. The highest BCUT2D eigenvalue weighted by atomic mass is 32.2. The molecule has 0 atom stereocenters. The monoisotopic (exact) mass is 367 g/mol. The quantitative estimate of drug-likeness (QED) is 0.819. The van der Waals surface area contributed by atoms with Crippen molar-refractivity contribution in [3.63, 3.8) is 0 Å². The van der Waals surface area contributed by atoms with Crippen LogP contribution in [0, 0.1) is 0 Å². The molecule has 2 amide bonds. The minimum absolute atomic E-state index is 0.00491. The van der Waals surface area contributed by atoms with Crippen LogP contribution in [-0.4, -0.2) is 58.5 Å². The molecule has 3 heterocycles. The maximum atomic E-state index is 12.8. The van der Waals surface area contributed by atoms with Crippen LogP contribution in [0.15, 0.2) is 47.6 Å². The number of pyridine rings is 1. The largest absolute Gasteiger partial charge is 0.335 e. The van der Waals surface area contributed by atoms with E-state index < -0.39 is 0 Å². The van der Waals surface area contributed by atoms with Crippen LogP contribution in [0.1, 0.15) is 32.7 Å². The summed E-state index contributed by atoms with van der Waals surface area (Å²) in [6, 6.07) is 9.53. The van der Waals surface area contributed by atoms with E-state index in [0.29, 0.717) is 31.7 Å². The minimum atomic E-state index is 0.00491. The van der Waals surface area contributed by atoms with Crippen LogP contribution in [0.3, 0.4) is 0 Å². The summed E-state index contributed by atoms with van der Waals surface area (Å²) >= 11 is 1.87. The molecule has 2 aromatic rings. The first-order valence-electron chi connectivity index (χ1n) is 8.97. The van der Waals surface area contributed by atoms with Gasteiger partial charge in [0.05, 0.1) is 0 Å². The number of aromatic nitrogens is 1. The van der Waals surface area contributed by atoms with E-state index >= 15 is 0 Å². The van der Waals surface area contributed by atoms with Crippen molar-refractivity contribution in [3.05, 3.63) is 59.4 Å². The fraction of sp³-hybridized carbons (Fsp3) is 0.350. The zero-order valence-corrected chi connectivity index (χ0v) is 15.4. The maximum absolute atomic E-state index is 12.8. The Morgan fingerprint density at radius 3 is 2.23 bits per heavy atom. The molecule has 0 bridgehead atoms. The number of aryl methyl sites for hydroxylation is 1. The highest BCUT2D eigenvalue weighted by Gasteiger charge is 2.26. The average molecular weight is 367 g/mol. The third-order valence-corrected chi connectivity index (χ3v) is 6.14.